The van der Waals surface area contributed by atoms with Gasteiger partial charge >= 0.3 is 43.1 Å². The van der Waals surface area contributed by atoms with Crippen molar-refractivity contribution in [3.63, 3.8) is 0 Å². The average Bonchev–Trinajstić information content (AvgIpc) is 2.34. The summed E-state index contributed by atoms with van der Waals surface area (Å²) in [7, 11) is 0. The first kappa shape index (κ1) is 26.9. The third kappa shape index (κ3) is 3.48. The van der Waals surface area contributed by atoms with Crippen molar-refractivity contribution >= 4 is 69.6 Å². The molecule has 0 aromatic carbocycles. The van der Waals surface area contributed by atoms with Crippen molar-refractivity contribution in [3.05, 3.63) is 0 Å². The summed E-state index contributed by atoms with van der Waals surface area (Å²) in [4.78, 5) is 0. The van der Waals surface area contributed by atoms with Gasteiger partial charge < -0.3 is 0 Å². The minimum atomic E-state index is -7.29. The predicted molar refractivity (Wildman–Crippen MR) is 70.3 cm³/mol. The molecule has 0 spiro atoms. The van der Waals surface area contributed by atoms with Crippen molar-refractivity contribution < 1.29 is 52.7 Å². The van der Waals surface area contributed by atoms with Crippen LogP contribution < -0.4 is 0 Å². The molecule has 0 saturated carbocycles. The lowest BCUT2D eigenvalue weighted by atomic mass is 9.95. The van der Waals surface area contributed by atoms with Crippen LogP contribution in [-0.4, -0.2) is 43.1 Å². The summed E-state index contributed by atoms with van der Waals surface area (Å²) in [5, 5.41) is -26.0. The van der Waals surface area contributed by atoms with Gasteiger partial charge in [-0.2, -0.15) is 35.1 Å². The van der Waals surface area contributed by atoms with E-state index in [1.165, 1.54) is 0 Å². The van der Waals surface area contributed by atoms with Crippen molar-refractivity contribution in [1.82, 2.24) is 0 Å². The lowest BCUT2D eigenvalue weighted by Gasteiger charge is -2.44. The molecule has 0 amide bonds. The maximum atomic E-state index is 13.8. The minimum absolute atomic E-state index is 3.77. The summed E-state index contributed by atoms with van der Waals surface area (Å²) in [6, 6.07) is 0. The van der Waals surface area contributed by atoms with Gasteiger partial charge in [0.15, 0.2) is 0 Å². The number of alkyl halides is 18. The summed E-state index contributed by atoms with van der Waals surface area (Å²) >= 11 is 23.6. The summed E-state index contributed by atoms with van der Waals surface area (Å²) < 4.78 is 154. The van der Waals surface area contributed by atoms with Gasteiger partial charge in [-0.25, -0.2) is 17.6 Å². The van der Waals surface area contributed by atoms with Gasteiger partial charge in [-0.1, -0.05) is 58.0 Å². The van der Waals surface area contributed by atoms with Gasteiger partial charge in [-0.3, -0.25) is 0 Å². The molecule has 0 unspecified atom stereocenters. The van der Waals surface area contributed by atoms with Crippen LogP contribution in [0.5, 0.6) is 0 Å². The molecule has 0 N–H and O–H groups in total. The van der Waals surface area contributed by atoms with Crippen molar-refractivity contribution in [3.8, 4) is 0 Å². The van der Waals surface area contributed by atoms with Crippen molar-refractivity contribution in [2.24, 2.45) is 0 Å². The highest BCUT2D eigenvalue weighted by atomic mass is 35.5. The van der Waals surface area contributed by atoms with Crippen LogP contribution in [0.15, 0.2) is 0 Å². The normalized spacial score (nSPS) is 22.4. The second-order valence-electron chi connectivity index (χ2n) is 4.44. The first-order chi connectivity index (χ1) is 10.8. The molecule has 18 heteroatoms. The first-order valence-electron chi connectivity index (χ1n) is 5.15. The lowest BCUT2D eigenvalue weighted by molar-refractivity contribution is -0.312. The Bertz CT molecular complexity index is 485. The van der Waals surface area contributed by atoms with Gasteiger partial charge in [0, 0.05) is 0 Å². The number of halogens is 18. The number of rotatable bonds is 7. The number of hydrogen-bond acceptors (Lipinski definition) is 0. The Hall–Kier alpha value is 0.900. The highest BCUT2D eigenvalue weighted by molar-refractivity contribution is 6.48. The molecule has 0 saturated heterocycles. The van der Waals surface area contributed by atoms with E-state index in [4.69, 9.17) is 0 Å². The van der Waals surface area contributed by atoms with Crippen LogP contribution in [0.25, 0.3) is 0 Å². The van der Waals surface area contributed by atoms with Gasteiger partial charge in [0.25, 0.3) is 0 Å². The summed E-state index contributed by atoms with van der Waals surface area (Å²) in [6.07, 6.45) is 0. The van der Waals surface area contributed by atoms with E-state index in [0.29, 0.717) is 0 Å². The molecule has 0 aliphatic rings. The van der Waals surface area contributed by atoms with E-state index in [0.717, 1.165) is 0 Å². The van der Waals surface area contributed by atoms with Gasteiger partial charge in [-0.05, 0) is 11.6 Å². The summed E-state index contributed by atoms with van der Waals surface area (Å²) in [5.41, 5.74) is 0. The molecule has 0 aromatic rings. The molecule has 0 aromatic heterocycles. The monoisotopic (exact) mass is 534 g/mol. The Morgan fingerprint density at radius 3 is 0.808 bits per heavy atom. The van der Waals surface area contributed by atoms with Crippen molar-refractivity contribution in [2.75, 3.05) is 0 Å². The van der Waals surface area contributed by atoms with Crippen LogP contribution in [0.1, 0.15) is 0 Å². The topological polar surface area (TPSA) is 0 Å². The fraction of sp³-hybridized carbons (Fsp3) is 1.00. The molecular weight excluding hydrogens is 537 g/mol. The molecule has 0 aliphatic carbocycles. The lowest BCUT2D eigenvalue weighted by Crippen LogP contribution is -2.72. The molecule has 0 nitrogen and oxygen atoms in total. The van der Waals surface area contributed by atoms with Gasteiger partial charge in [0.2, 0.25) is 0 Å². The Morgan fingerprint density at radius 2 is 0.577 bits per heavy atom. The van der Waals surface area contributed by atoms with Crippen LogP contribution in [0.3, 0.4) is 0 Å². The Labute approximate surface area is 165 Å². The summed E-state index contributed by atoms with van der Waals surface area (Å²) in [5.74, 6) is -21.1. The Kier molecular flexibility index (Phi) is 6.95. The minimum Gasteiger partial charge on any atom is -0.212 e. The van der Waals surface area contributed by atoms with Crippen LogP contribution >= 0.6 is 69.6 Å². The van der Waals surface area contributed by atoms with Crippen LogP contribution in [0.2, 0.25) is 0 Å². The number of hydrogen-bond donors (Lipinski definition) is 0. The van der Waals surface area contributed by atoms with Crippen LogP contribution in [0.4, 0.5) is 52.7 Å². The zero-order valence-electron chi connectivity index (χ0n) is 10.8. The third-order valence-corrected chi connectivity index (χ3v) is 4.94. The third-order valence-electron chi connectivity index (χ3n) is 2.68. The maximum absolute atomic E-state index is 13.8. The fourth-order valence-corrected chi connectivity index (χ4v) is 2.37. The SMILES string of the molecule is FC(Cl)(Cl)C(F)(F)[C@](F)(Cl)C(F)(F)[C@](F)(Cl)C(F)(F)[C@@](F)(Cl)C(F)(F)Cl. The molecular formula is C8Cl6F12. The van der Waals surface area contributed by atoms with Crippen molar-refractivity contribution in [2.45, 2.75) is 43.1 Å². The van der Waals surface area contributed by atoms with Crippen molar-refractivity contribution in [1.29, 1.82) is 0 Å². The van der Waals surface area contributed by atoms with Gasteiger partial charge in [-0.15, -0.1) is 0 Å². The average molecular weight is 537 g/mol. The first-order valence-corrected chi connectivity index (χ1v) is 7.42. The van der Waals surface area contributed by atoms with E-state index >= 15 is 0 Å². The van der Waals surface area contributed by atoms with E-state index in [1.807, 2.05) is 0 Å². The predicted octanol–water partition coefficient (Wildman–Crippen LogP) is 7.54. The smallest absolute Gasteiger partial charge is 0.212 e. The molecule has 3 atom stereocenters. The molecule has 0 bridgehead atoms. The molecule has 26 heavy (non-hydrogen) atoms. The Balaban J connectivity index is 6.61. The van der Waals surface area contributed by atoms with E-state index in [2.05, 4.69) is 69.6 Å². The molecule has 0 aliphatic heterocycles. The van der Waals surface area contributed by atoms with E-state index in [9.17, 15) is 52.7 Å². The van der Waals surface area contributed by atoms with E-state index in [1.54, 1.807) is 0 Å². The van der Waals surface area contributed by atoms with Gasteiger partial charge in [0.1, 0.15) is 0 Å². The molecule has 0 heterocycles. The highest BCUT2D eigenvalue weighted by Crippen LogP contribution is 2.66. The molecule has 0 rings (SSSR count). The highest BCUT2D eigenvalue weighted by Gasteiger charge is 2.91. The Morgan fingerprint density at radius 1 is 0.346 bits per heavy atom. The molecule has 0 radical (unpaired) electrons. The van der Waals surface area contributed by atoms with Crippen LogP contribution in [-0.2, 0) is 0 Å². The second-order valence-corrected chi connectivity index (χ2v) is 7.71. The standard InChI is InChI=1S/C8Cl6F12/c9-1(15,5(20,21)3(11,17)8(14,25)26)4(18,19)2(10,16)6(22,23)7(12,13)24/t1-,2+,3+/m1/s1. The van der Waals surface area contributed by atoms with Crippen LogP contribution in [0, 0.1) is 0 Å². The zero-order valence-corrected chi connectivity index (χ0v) is 15.3. The fourth-order valence-electron chi connectivity index (χ4n) is 1.14. The summed E-state index contributed by atoms with van der Waals surface area (Å²) in [6.45, 7) is 0. The van der Waals surface area contributed by atoms with E-state index in [-0.39, 0.29) is 0 Å². The second kappa shape index (κ2) is 6.72. The quantitative estimate of drug-likeness (QED) is 0.233. The van der Waals surface area contributed by atoms with Gasteiger partial charge in [0.05, 0.1) is 0 Å². The molecule has 158 valence electrons. The zero-order chi connectivity index (χ0) is 22.0. The largest absolute Gasteiger partial charge is 0.375 e. The maximum Gasteiger partial charge on any atom is 0.375 e. The molecule has 0 fully saturated rings. The van der Waals surface area contributed by atoms with E-state index < -0.39 is 43.1 Å².